The highest BCUT2D eigenvalue weighted by Gasteiger charge is 2.07. The van der Waals surface area contributed by atoms with Crippen LogP contribution in [-0.2, 0) is 6.54 Å². The molecule has 0 saturated carbocycles. The lowest BCUT2D eigenvalue weighted by molar-refractivity contribution is 0.155. The molecule has 0 spiro atoms. The van der Waals surface area contributed by atoms with Crippen LogP contribution in [-0.4, -0.2) is 21.0 Å². The van der Waals surface area contributed by atoms with Gasteiger partial charge in [-0.25, -0.2) is 0 Å². The molecule has 0 aromatic carbocycles. The van der Waals surface area contributed by atoms with Gasteiger partial charge in [0.2, 0.25) is 0 Å². The maximum Gasteiger partial charge on any atom is 0.0625 e. The van der Waals surface area contributed by atoms with Crippen LogP contribution in [0.4, 0.5) is 0 Å². The molecule has 15 heavy (non-hydrogen) atoms. The van der Waals surface area contributed by atoms with E-state index in [1.54, 1.807) is 0 Å². The van der Waals surface area contributed by atoms with Gasteiger partial charge in [-0.2, -0.15) is 5.10 Å². The molecule has 0 fully saturated rings. The lowest BCUT2D eigenvalue weighted by Gasteiger charge is -2.08. The number of nitrogens with zero attached hydrogens (tertiary/aromatic N) is 2. The van der Waals surface area contributed by atoms with Crippen molar-refractivity contribution in [3.05, 3.63) is 17.0 Å². The second-order valence-electron chi connectivity index (χ2n) is 4.22. The fourth-order valence-electron chi connectivity index (χ4n) is 1.68. The Bertz CT molecular complexity index is 318. The molecule has 3 nitrogen and oxygen atoms in total. The molecular formula is C12H22N2O. The Morgan fingerprint density at radius 3 is 2.47 bits per heavy atom. The Morgan fingerprint density at radius 2 is 2.00 bits per heavy atom. The molecule has 1 heterocycles. The number of aliphatic hydroxyl groups is 1. The molecule has 1 aromatic heterocycles. The lowest BCUT2D eigenvalue weighted by atomic mass is 10.1. The van der Waals surface area contributed by atoms with Crippen LogP contribution in [0.25, 0.3) is 0 Å². The Kier molecular flexibility index (Phi) is 4.33. The van der Waals surface area contributed by atoms with Gasteiger partial charge in [-0.3, -0.25) is 4.68 Å². The van der Waals surface area contributed by atoms with Crippen molar-refractivity contribution < 1.29 is 5.11 Å². The summed E-state index contributed by atoms with van der Waals surface area (Å²) in [6, 6.07) is 0. The van der Waals surface area contributed by atoms with E-state index in [9.17, 15) is 5.11 Å². The minimum atomic E-state index is -0.150. The Morgan fingerprint density at radius 1 is 1.33 bits per heavy atom. The molecule has 1 rings (SSSR count). The first-order valence-electron chi connectivity index (χ1n) is 5.75. The van der Waals surface area contributed by atoms with Crippen LogP contribution in [0.5, 0.6) is 0 Å². The third-order valence-electron chi connectivity index (χ3n) is 3.12. The van der Waals surface area contributed by atoms with Crippen LogP contribution in [0.1, 0.15) is 43.1 Å². The molecule has 0 aliphatic heterocycles. The Hall–Kier alpha value is -0.830. The first kappa shape index (κ1) is 12.2. The lowest BCUT2D eigenvalue weighted by Crippen LogP contribution is -2.08. The summed E-state index contributed by atoms with van der Waals surface area (Å²) in [5.74, 6) is 0. The van der Waals surface area contributed by atoms with E-state index in [-0.39, 0.29) is 6.10 Å². The second kappa shape index (κ2) is 5.31. The standard InChI is InChI=1S/C12H22N2O/c1-5-12(15)7-6-8-14-11(4)9(2)10(3)13-14/h12,15H,5-8H2,1-4H3. The van der Waals surface area contributed by atoms with E-state index < -0.39 is 0 Å². The largest absolute Gasteiger partial charge is 0.393 e. The zero-order valence-electron chi connectivity index (χ0n) is 10.2. The van der Waals surface area contributed by atoms with Gasteiger partial charge in [-0.1, -0.05) is 6.92 Å². The Labute approximate surface area is 92.1 Å². The summed E-state index contributed by atoms with van der Waals surface area (Å²) in [5.41, 5.74) is 3.65. The third kappa shape index (κ3) is 3.06. The summed E-state index contributed by atoms with van der Waals surface area (Å²) < 4.78 is 2.05. The van der Waals surface area contributed by atoms with Crippen LogP contribution in [0.15, 0.2) is 0 Å². The minimum Gasteiger partial charge on any atom is -0.393 e. The molecule has 0 saturated heterocycles. The summed E-state index contributed by atoms with van der Waals surface area (Å²) >= 11 is 0. The molecule has 0 aliphatic carbocycles. The first-order valence-corrected chi connectivity index (χ1v) is 5.75. The van der Waals surface area contributed by atoms with Crippen molar-refractivity contribution in [2.75, 3.05) is 0 Å². The third-order valence-corrected chi connectivity index (χ3v) is 3.12. The van der Waals surface area contributed by atoms with Crippen LogP contribution in [0.2, 0.25) is 0 Å². The molecule has 1 atom stereocenters. The SMILES string of the molecule is CCC(O)CCCn1nc(C)c(C)c1C. The quantitative estimate of drug-likeness (QED) is 0.810. The van der Waals surface area contributed by atoms with Crippen LogP contribution < -0.4 is 0 Å². The first-order chi connectivity index (χ1) is 7.06. The van der Waals surface area contributed by atoms with E-state index in [2.05, 4.69) is 18.9 Å². The van der Waals surface area contributed by atoms with Gasteiger partial charge in [0.1, 0.15) is 0 Å². The van der Waals surface area contributed by atoms with Crippen LogP contribution >= 0.6 is 0 Å². The van der Waals surface area contributed by atoms with Crippen LogP contribution in [0.3, 0.4) is 0 Å². The van der Waals surface area contributed by atoms with E-state index in [0.717, 1.165) is 31.5 Å². The zero-order chi connectivity index (χ0) is 11.4. The minimum absolute atomic E-state index is 0.150. The topological polar surface area (TPSA) is 38.0 Å². The highest BCUT2D eigenvalue weighted by Crippen LogP contribution is 2.12. The van der Waals surface area contributed by atoms with Gasteiger partial charge < -0.3 is 5.11 Å². The molecular weight excluding hydrogens is 188 g/mol. The van der Waals surface area contributed by atoms with Crippen molar-refractivity contribution in [2.45, 2.75) is 59.6 Å². The van der Waals surface area contributed by atoms with Gasteiger partial charge in [0.15, 0.2) is 0 Å². The number of aryl methyl sites for hydroxylation is 2. The second-order valence-corrected chi connectivity index (χ2v) is 4.22. The normalized spacial score (nSPS) is 13.1. The predicted octanol–water partition coefficient (Wildman–Crippen LogP) is 2.36. The summed E-state index contributed by atoms with van der Waals surface area (Å²) in [4.78, 5) is 0. The predicted molar refractivity (Wildman–Crippen MR) is 62.0 cm³/mol. The van der Waals surface area contributed by atoms with Crippen LogP contribution in [0, 0.1) is 20.8 Å². The van der Waals surface area contributed by atoms with Gasteiger partial charge in [-0.05, 0) is 45.6 Å². The molecule has 1 unspecified atom stereocenters. The molecule has 0 bridgehead atoms. The number of hydrogen-bond acceptors (Lipinski definition) is 2. The van der Waals surface area contributed by atoms with E-state index in [1.165, 1.54) is 11.3 Å². The summed E-state index contributed by atoms with van der Waals surface area (Å²) in [7, 11) is 0. The van der Waals surface area contributed by atoms with E-state index in [0.29, 0.717) is 0 Å². The molecule has 3 heteroatoms. The molecule has 0 amide bonds. The highest BCUT2D eigenvalue weighted by molar-refractivity contribution is 5.21. The summed E-state index contributed by atoms with van der Waals surface area (Å²) in [5, 5.41) is 13.9. The van der Waals surface area contributed by atoms with Gasteiger partial charge in [-0.15, -0.1) is 0 Å². The van der Waals surface area contributed by atoms with E-state index in [4.69, 9.17) is 0 Å². The van der Waals surface area contributed by atoms with Gasteiger partial charge in [0, 0.05) is 12.2 Å². The molecule has 86 valence electrons. The smallest absolute Gasteiger partial charge is 0.0625 e. The number of aliphatic hydroxyl groups excluding tert-OH is 1. The van der Waals surface area contributed by atoms with Crippen molar-refractivity contribution in [1.82, 2.24) is 9.78 Å². The van der Waals surface area contributed by atoms with Crippen molar-refractivity contribution in [2.24, 2.45) is 0 Å². The number of rotatable bonds is 5. The maximum atomic E-state index is 9.44. The highest BCUT2D eigenvalue weighted by atomic mass is 16.3. The number of aromatic nitrogens is 2. The molecule has 0 radical (unpaired) electrons. The van der Waals surface area contributed by atoms with Crippen molar-refractivity contribution in [1.29, 1.82) is 0 Å². The molecule has 1 N–H and O–H groups in total. The van der Waals surface area contributed by atoms with Gasteiger partial charge in [0.05, 0.1) is 11.8 Å². The van der Waals surface area contributed by atoms with Gasteiger partial charge in [0.25, 0.3) is 0 Å². The number of hydrogen-bond donors (Lipinski definition) is 1. The zero-order valence-corrected chi connectivity index (χ0v) is 10.2. The van der Waals surface area contributed by atoms with Gasteiger partial charge >= 0.3 is 0 Å². The summed E-state index contributed by atoms with van der Waals surface area (Å²) in [6.07, 6.45) is 2.56. The summed E-state index contributed by atoms with van der Waals surface area (Å²) in [6.45, 7) is 9.18. The molecule has 0 aliphatic rings. The van der Waals surface area contributed by atoms with Crippen molar-refractivity contribution >= 4 is 0 Å². The molecule has 1 aromatic rings. The Balaban J connectivity index is 2.47. The van der Waals surface area contributed by atoms with E-state index >= 15 is 0 Å². The van der Waals surface area contributed by atoms with E-state index in [1.807, 2.05) is 18.5 Å². The monoisotopic (exact) mass is 210 g/mol. The van der Waals surface area contributed by atoms with Crippen molar-refractivity contribution in [3.63, 3.8) is 0 Å². The van der Waals surface area contributed by atoms with Crippen molar-refractivity contribution in [3.8, 4) is 0 Å². The average molecular weight is 210 g/mol. The fraction of sp³-hybridized carbons (Fsp3) is 0.750. The maximum absolute atomic E-state index is 9.44. The average Bonchev–Trinajstić information content (AvgIpc) is 2.46. The fourth-order valence-corrected chi connectivity index (χ4v) is 1.68.